The molecule has 0 saturated carbocycles. The summed E-state index contributed by atoms with van der Waals surface area (Å²) >= 11 is 2.92. The third-order valence-corrected chi connectivity index (χ3v) is 5.19. The van der Waals surface area contributed by atoms with E-state index in [0.717, 1.165) is 0 Å². The highest BCUT2D eigenvalue weighted by Gasteiger charge is 2.28. The molecule has 2 N–H and O–H groups in total. The topological polar surface area (TPSA) is 57.5 Å². The van der Waals surface area contributed by atoms with E-state index in [2.05, 4.69) is 0 Å². The van der Waals surface area contributed by atoms with Crippen molar-refractivity contribution in [2.45, 2.75) is 0 Å². The Kier molecular flexibility index (Phi) is 5.17. The summed E-state index contributed by atoms with van der Waals surface area (Å²) in [5.41, 5.74) is 0. The highest BCUT2D eigenvalue weighted by atomic mass is 32.3. The van der Waals surface area contributed by atoms with Crippen LogP contribution in [0.4, 0.5) is 0 Å². The third-order valence-electron chi connectivity index (χ3n) is 1.40. The Balaban J connectivity index is 4.00. The minimum absolute atomic E-state index is 0.0150. The van der Waals surface area contributed by atoms with E-state index in [4.69, 9.17) is 0 Å². The molecule has 0 aromatic heterocycles. The van der Waals surface area contributed by atoms with Gasteiger partial charge in [0, 0.05) is 11.5 Å². The Morgan fingerprint density at radius 3 is 1.67 bits per heavy atom. The Morgan fingerprint density at radius 1 is 1.08 bits per heavy atom. The predicted octanol–water partition coefficient (Wildman–Crippen LogP) is 1.48. The zero-order valence-corrected chi connectivity index (χ0v) is 9.81. The van der Waals surface area contributed by atoms with Crippen LogP contribution in [0.5, 0.6) is 0 Å². The summed E-state index contributed by atoms with van der Waals surface area (Å²) in [6, 6.07) is 0. The molecule has 0 spiro atoms. The summed E-state index contributed by atoms with van der Waals surface area (Å²) < 4.78 is 30.0. The van der Waals surface area contributed by atoms with Crippen molar-refractivity contribution in [2.75, 3.05) is 35.5 Å². The van der Waals surface area contributed by atoms with Gasteiger partial charge in [0.25, 0.3) is 0 Å². The fourth-order valence-corrected chi connectivity index (χ4v) is 4.82. The fourth-order valence-electron chi connectivity index (χ4n) is 0.604. The predicted molar refractivity (Wildman–Crippen MR) is 59.9 cm³/mol. The van der Waals surface area contributed by atoms with Gasteiger partial charge in [0.15, 0.2) is 0 Å². The second kappa shape index (κ2) is 4.85. The van der Waals surface area contributed by atoms with Gasteiger partial charge in [-0.3, -0.25) is 0 Å². The lowest BCUT2D eigenvalue weighted by Gasteiger charge is -2.29. The molecule has 12 heavy (non-hydrogen) atoms. The zero-order chi connectivity index (χ0) is 9.69. The quantitative estimate of drug-likeness (QED) is 0.726. The molecule has 0 aliphatic heterocycles. The highest BCUT2D eigenvalue weighted by Crippen LogP contribution is 2.18. The van der Waals surface area contributed by atoms with Crippen molar-refractivity contribution in [3.8, 4) is 0 Å². The molecule has 0 radical (unpaired) electrons. The van der Waals surface area contributed by atoms with Gasteiger partial charge >= 0.3 is 0 Å². The lowest BCUT2D eigenvalue weighted by atomic mass is 10.9. The molecule has 0 atom stereocenters. The number of hydrogen-bond acceptors (Lipinski definition) is 3. The van der Waals surface area contributed by atoms with Crippen LogP contribution in [0.15, 0.2) is 0 Å². The van der Waals surface area contributed by atoms with Gasteiger partial charge in [-0.15, -0.1) is 0 Å². The fraction of sp³-hybridized carbons (Fsp3) is 1.00. The van der Waals surface area contributed by atoms with Crippen molar-refractivity contribution >= 4 is 33.2 Å². The first-order chi connectivity index (χ1) is 5.39. The van der Waals surface area contributed by atoms with Crippen molar-refractivity contribution in [3.05, 3.63) is 0 Å². The number of thioether (sulfide) groups is 2. The monoisotopic (exact) mass is 232 g/mol. The van der Waals surface area contributed by atoms with Crippen molar-refractivity contribution in [3.63, 3.8) is 0 Å². The number of rotatable bonds is 6. The van der Waals surface area contributed by atoms with Crippen molar-refractivity contribution in [1.82, 2.24) is 0 Å². The van der Waals surface area contributed by atoms with Crippen LogP contribution in [-0.2, 0) is 9.63 Å². The van der Waals surface area contributed by atoms with E-state index in [1.54, 1.807) is 0 Å². The molecule has 0 heterocycles. The van der Waals surface area contributed by atoms with Gasteiger partial charge < -0.3 is 9.11 Å². The van der Waals surface area contributed by atoms with E-state index >= 15 is 0 Å². The molecule has 0 saturated heterocycles. The highest BCUT2D eigenvalue weighted by molar-refractivity contribution is 8.12. The first-order valence-electron chi connectivity index (χ1n) is 3.50. The number of hydrogen-bond donors (Lipinski definition) is 2. The van der Waals surface area contributed by atoms with E-state index in [9.17, 15) is 13.3 Å². The first-order valence-corrected chi connectivity index (χ1v) is 8.51. The van der Waals surface area contributed by atoms with Crippen LogP contribution < -0.4 is 0 Å². The van der Waals surface area contributed by atoms with E-state index in [0.29, 0.717) is 11.5 Å². The van der Waals surface area contributed by atoms with Gasteiger partial charge in [0.2, 0.25) is 0 Å². The van der Waals surface area contributed by atoms with Crippen molar-refractivity contribution in [2.24, 2.45) is 0 Å². The summed E-state index contributed by atoms with van der Waals surface area (Å²) in [6.45, 7) is 0. The van der Waals surface area contributed by atoms with Gasteiger partial charge in [0.1, 0.15) is 0 Å². The zero-order valence-electron chi connectivity index (χ0n) is 7.36. The summed E-state index contributed by atoms with van der Waals surface area (Å²) in [7, 11) is -4.26. The largest absolute Gasteiger partial charge is 0.308 e. The van der Waals surface area contributed by atoms with Crippen LogP contribution in [0.2, 0.25) is 0 Å². The van der Waals surface area contributed by atoms with Crippen molar-refractivity contribution in [1.29, 1.82) is 0 Å². The first kappa shape index (κ1) is 12.8. The van der Waals surface area contributed by atoms with Gasteiger partial charge in [-0.25, -0.2) is 4.21 Å². The molecule has 76 valence electrons. The smallest absolute Gasteiger partial charge is 0.0842 e. The lowest BCUT2D eigenvalue weighted by Crippen LogP contribution is -2.40. The lowest BCUT2D eigenvalue weighted by molar-refractivity contribution is 0.394. The summed E-state index contributed by atoms with van der Waals surface area (Å²) in [6.07, 6.45) is 3.69. The summed E-state index contributed by atoms with van der Waals surface area (Å²) in [5, 5.41) is 0. The normalized spacial score (nSPS) is 15.5. The molecule has 0 rings (SSSR count). The molecule has 3 nitrogen and oxygen atoms in total. The second-order valence-corrected chi connectivity index (χ2v) is 7.74. The SMILES string of the molecule is CSCCS(=O)(O)(O)CCSC. The Hall–Kier alpha value is 0.770. The molecule has 0 aliphatic rings. The molecule has 0 aromatic rings. The van der Waals surface area contributed by atoms with Crippen LogP contribution in [0.3, 0.4) is 0 Å². The van der Waals surface area contributed by atoms with Gasteiger partial charge in [-0.05, 0) is 12.5 Å². The summed E-state index contributed by atoms with van der Waals surface area (Å²) in [4.78, 5) is 0. The van der Waals surface area contributed by atoms with E-state index < -0.39 is 9.63 Å². The maximum Gasteiger partial charge on any atom is 0.0842 e. The maximum atomic E-state index is 11.4. The second-order valence-electron chi connectivity index (χ2n) is 2.58. The van der Waals surface area contributed by atoms with E-state index in [1.165, 1.54) is 23.5 Å². The molecular weight excluding hydrogens is 216 g/mol. The van der Waals surface area contributed by atoms with Crippen LogP contribution in [0.1, 0.15) is 0 Å². The Morgan fingerprint density at radius 2 is 1.42 bits per heavy atom. The molecule has 0 unspecified atom stereocenters. The summed E-state index contributed by atoms with van der Waals surface area (Å²) in [5.74, 6) is 1.01. The van der Waals surface area contributed by atoms with Crippen LogP contribution in [-0.4, -0.2) is 48.8 Å². The van der Waals surface area contributed by atoms with Crippen LogP contribution in [0.25, 0.3) is 0 Å². The third kappa shape index (κ3) is 6.30. The average Bonchev–Trinajstić information content (AvgIpc) is 1.97. The van der Waals surface area contributed by atoms with Gasteiger partial charge in [-0.1, -0.05) is 0 Å². The standard InChI is InChI=1S/C6H16O3S3/c1-10-3-5-12(7,8,9)6-4-11-2/h3-6H2,1-2H3,(H2,7,8,9). The molecular formula is C6H16O3S3. The van der Waals surface area contributed by atoms with Gasteiger partial charge in [0.05, 0.1) is 21.1 Å². The molecule has 0 amide bonds. The maximum absolute atomic E-state index is 11.4. The minimum Gasteiger partial charge on any atom is -0.308 e. The minimum atomic E-state index is -4.26. The van der Waals surface area contributed by atoms with Crippen LogP contribution in [0, 0.1) is 0 Å². The van der Waals surface area contributed by atoms with Gasteiger partial charge in [-0.2, -0.15) is 23.5 Å². The Bertz CT molecular complexity index is 172. The average molecular weight is 232 g/mol. The van der Waals surface area contributed by atoms with E-state index in [1.807, 2.05) is 12.5 Å². The molecule has 6 heteroatoms. The Labute approximate surface area is 82.1 Å². The van der Waals surface area contributed by atoms with E-state index in [-0.39, 0.29) is 11.5 Å². The molecule has 0 aliphatic carbocycles. The molecule has 0 aromatic carbocycles. The molecule has 0 bridgehead atoms. The van der Waals surface area contributed by atoms with Crippen LogP contribution >= 0.6 is 23.5 Å². The molecule has 0 fully saturated rings. The van der Waals surface area contributed by atoms with Crippen molar-refractivity contribution < 1.29 is 13.3 Å².